The molecule has 0 spiro atoms. The van der Waals surface area contributed by atoms with Crippen LogP contribution in [-0.2, 0) is 0 Å². The van der Waals surface area contributed by atoms with Crippen molar-refractivity contribution in [1.82, 2.24) is 9.38 Å². The van der Waals surface area contributed by atoms with E-state index >= 15 is 0 Å². The molecular weight excluding hydrogens is 424 g/mol. The summed E-state index contributed by atoms with van der Waals surface area (Å²) in [5, 5.41) is 2.44. The van der Waals surface area contributed by atoms with Gasteiger partial charge >= 0.3 is 0 Å². The van der Waals surface area contributed by atoms with Crippen LogP contribution in [-0.4, -0.2) is 9.38 Å². The van der Waals surface area contributed by atoms with E-state index in [0.29, 0.717) is 0 Å². The van der Waals surface area contributed by atoms with Gasteiger partial charge in [-0.05, 0) is 45.2 Å². The third-order valence-corrected chi connectivity index (χ3v) is 6.81. The van der Waals surface area contributed by atoms with Gasteiger partial charge < -0.3 is 0 Å². The van der Waals surface area contributed by atoms with Crippen molar-refractivity contribution in [1.29, 1.82) is 0 Å². The molecule has 0 unspecified atom stereocenters. The van der Waals surface area contributed by atoms with Crippen molar-refractivity contribution < 1.29 is 0 Å². The Labute approximate surface area is 203 Å². The van der Waals surface area contributed by atoms with Gasteiger partial charge in [0.1, 0.15) is 5.65 Å². The molecule has 0 amide bonds. The van der Waals surface area contributed by atoms with Gasteiger partial charge in [-0.25, -0.2) is 4.98 Å². The van der Waals surface area contributed by atoms with Gasteiger partial charge in [0, 0.05) is 17.3 Å². The predicted molar refractivity (Wildman–Crippen MR) is 147 cm³/mol. The molecule has 7 rings (SSSR count). The Morgan fingerprint density at radius 1 is 0.457 bits per heavy atom. The first-order valence-electron chi connectivity index (χ1n) is 11.9. The van der Waals surface area contributed by atoms with Crippen LogP contribution in [0.15, 0.2) is 134 Å². The monoisotopic (exact) mass is 446 g/mol. The summed E-state index contributed by atoms with van der Waals surface area (Å²) < 4.78 is 2.23. The third kappa shape index (κ3) is 3.08. The standard InChI is InChI=1S/C33H22N2/c1-3-13-23(14-4-1)25-17-7-8-18-26(25)31-28-20-10-9-19-27(28)30(24-15-5-2-6-16-24)33-32(31)34-29-21-11-12-22-35(29)33/h1-22H. The predicted octanol–water partition coefficient (Wildman–Crippen LogP) is 8.64. The Bertz CT molecular complexity index is 1830. The van der Waals surface area contributed by atoms with Gasteiger partial charge in [-0.2, -0.15) is 0 Å². The minimum absolute atomic E-state index is 0.952. The van der Waals surface area contributed by atoms with E-state index in [1.165, 1.54) is 44.2 Å². The molecule has 0 saturated carbocycles. The number of pyridine rings is 1. The van der Waals surface area contributed by atoms with Crippen LogP contribution in [0.5, 0.6) is 0 Å². The molecule has 0 aliphatic carbocycles. The van der Waals surface area contributed by atoms with E-state index in [1.807, 2.05) is 0 Å². The summed E-state index contributed by atoms with van der Waals surface area (Å²) in [4.78, 5) is 5.23. The van der Waals surface area contributed by atoms with Crippen LogP contribution >= 0.6 is 0 Å². The van der Waals surface area contributed by atoms with Crippen molar-refractivity contribution in [3.05, 3.63) is 134 Å². The molecule has 0 radical (unpaired) electrons. The summed E-state index contributed by atoms with van der Waals surface area (Å²) in [5.74, 6) is 0. The molecule has 0 N–H and O–H groups in total. The van der Waals surface area contributed by atoms with E-state index < -0.39 is 0 Å². The van der Waals surface area contributed by atoms with Crippen molar-refractivity contribution in [3.8, 4) is 33.4 Å². The van der Waals surface area contributed by atoms with Crippen molar-refractivity contribution in [2.24, 2.45) is 0 Å². The Morgan fingerprint density at radius 3 is 1.77 bits per heavy atom. The minimum Gasteiger partial charge on any atom is -0.299 e. The summed E-state index contributed by atoms with van der Waals surface area (Å²) in [5.41, 5.74) is 10.3. The van der Waals surface area contributed by atoms with Gasteiger partial charge in [-0.3, -0.25) is 4.40 Å². The van der Waals surface area contributed by atoms with Gasteiger partial charge in [-0.15, -0.1) is 0 Å². The van der Waals surface area contributed by atoms with Gasteiger partial charge in [0.25, 0.3) is 0 Å². The lowest BCUT2D eigenvalue weighted by atomic mass is 9.87. The largest absolute Gasteiger partial charge is 0.299 e. The van der Waals surface area contributed by atoms with Crippen LogP contribution in [0, 0.1) is 0 Å². The van der Waals surface area contributed by atoms with Gasteiger partial charge in [0.15, 0.2) is 0 Å². The lowest BCUT2D eigenvalue weighted by Gasteiger charge is -2.17. The maximum Gasteiger partial charge on any atom is 0.137 e. The molecule has 2 aromatic heterocycles. The first-order valence-corrected chi connectivity index (χ1v) is 11.9. The summed E-state index contributed by atoms with van der Waals surface area (Å²) in [7, 11) is 0. The van der Waals surface area contributed by atoms with Crippen LogP contribution in [0.3, 0.4) is 0 Å². The van der Waals surface area contributed by atoms with E-state index in [0.717, 1.165) is 16.7 Å². The Hall–Kier alpha value is -4.69. The molecule has 0 saturated heterocycles. The van der Waals surface area contributed by atoms with E-state index in [-0.39, 0.29) is 0 Å². The minimum atomic E-state index is 0.952. The number of aromatic nitrogens is 2. The highest BCUT2D eigenvalue weighted by Crippen LogP contribution is 2.45. The molecule has 2 nitrogen and oxygen atoms in total. The molecule has 5 aromatic carbocycles. The van der Waals surface area contributed by atoms with Crippen molar-refractivity contribution in [3.63, 3.8) is 0 Å². The zero-order valence-corrected chi connectivity index (χ0v) is 19.1. The topological polar surface area (TPSA) is 17.3 Å². The molecule has 0 fully saturated rings. The fourth-order valence-corrected chi connectivity index (χ4v) is 5.32. The fourth-order valence-electron chi connectivity index (χ4n) is 5.32. The van der Waals surface area contributed by atoms with Gasteiger partial charge in [-0.1, -0.05) is 115 Å². The highest BCUT2D eigenvalue weighted by atomic mass is 15.0. The Balaban J connectivity index is 1.71. The SMILES string of the molecule is c1ccc(-c2ccccc2-c2c3ccccc3c(-c3ccccc3)c3c2nc2ccccn23)cc1. The van der Waals surface area contributed by atoms with Crippen LogP contribution in [0.25, 0.3) is 60.8 Å². The molecule has 0 aliphatic rings. The lowest BCUT2D eigenvalue weighted by molar-refractivity contribution is 1.23. The molecule has 0 aliphatic heterocycles. The van der Waals surface area contributed by atoms with Crippen molar-refractivity contribution >= 4 is 27.5 Å². The number of hydrogen-bond acceptors (Lipinski definition) is 1. The zero-order chi connectivity index (χ0) is 23.2. The summed E-state index contributed by atoms with van der Waals surface area (Å²) in [6.45, 7) is 0. The Morgan fingerprint density at radius 2 is 1.03 bits per heavy atom. The smallest absolute Gasteiger partial charge is 0.137 e. The van der Waals surface area contributed by atoms with E-state index in [1.54, 1.807) is 0 Å². The number of hydrogen-bond donors (Lipinski definition) is 0. The Kier molecular flexibility index (Phi) is 4.49. The summed E-state index contributed by atoms with van der Waals surface area (Å²) in [6, 6.07) is 45.0. The van der Waals surface area contributed by atoms with Crippen LogP contribution in [0.4, 0.5) is 0 Å². The second-order valence-corrected chi connectivity index (χ2v) is 8.81. The van der Waals surface area contributed by atoms with Gasteiger partial charge in [0.2, 0.25) is 0 Å². The van der Waals surface area contributed by atoms with Gasteiger partial charge in [0.05, 0.1) is 11.0 Å². The lowest BCUT2D eigenvalue weighted by Crippen LogP contribution is -1.93. The number of rotatable bonds is 3. The highest BCUT2D eigenvalue weighted by Gasteiger charge is 2.22. The quantitative estimate of drug-likeness (QED) is 0.265. The molecule has 35 heavy (non-hydrogen) atoms. The zero-order valence-electron chi connectivity index (χ0n) is 19.1. The first kappa shape index (κ1) is 19.7. The average Bonchev–Trinajstić information content (AvgIpc) is 3.31. The van der Waals surface area contributed by atoms with Crippen LogP contribution in [0.2, 0.25) is 0 Å². The first-order chi connectivity index (χ1) is 17.4. The normalized spacial score (nSPS) is 11.4. The molecule has 2 heteroatoms. The molecule has 7 aromatic rings. The molecule has 0 atom stereocenters. The third-order valence-electron chi connectivity index (χ3n) is 6.81. The fraction of sp³-hybridized carbons (Fsp3) is 0. The summed E-state index contributed by atoms with van der Waals surface area (Å²) >= 11 is 0. The highest BCUT2D eigenvalue weighted by molar-refractivity contribution is 6.21. The van der Waals surface area contributed by atoms with Crippen LogP contribution < -0.4 is 0 Å². The number of fused-ring (bicyclic) bond motifs is 4. The maximum absolute atomic E-state index is 5.23. The average molecular weight is 447 g/mol. The number of benzene rings is 5. The van der Waals surface area contributed by atoms with Crippen molar-refractivity contribution in [2.45, 2.75) is 0 Å². The molecule has 0 bridgehead atoms. The molecule has 2 heterocycles. The second kappa shape index (κ2) is 7.96. The van der Waals surface area contributed by atoms with E-state index in [2.05, 4.69) is 138 Å². The van der Waals surface area contributed by atoms with Crippen molar-refractivity contribution in [2.75, 3.05) is 0 Å². The molecular formula is C33H22N2. The van der Waals surface area contributed by atoms with E-state index in [4.69, 9.17) is 4.98 Å². The number of imidazole rings is 1. The summed E-state index contributed by atoms with van der Waals surface area (Å²) in [6.07, 6.45) is 2.12. The maximum atomic E-state index is 5.23. The van der Waals surface area contributed by atoms with Crippen LogP contribution in [0.1, 0.15) is 0 Å². The molecule has 164 valence electrons. The number of nitrogens with zero attached hydrogens (tertiary/aromatic N) is 2. The second-order valence-electron chi connectivity index (χ2n) is 8.81. The van der Waals surface area contributed by atoms with E-state index in [9.17, 15) is 0 Å².